The number of hydroxylamine groups is 1. The first kappa shape index (κ1) is 6.81. The van der Waals surface area contributed by atoms with Crippen LogP contribution in [0.15, 0.2) is 17.9 Å². The minimum atomic E-state index is 1.27. The number of nitrogens with one attached hydrogen (secondary N) is 2. The molecule has 2 N–H and O–H groups in total. The van der Waals surface area contributed by atoms with Crippen molar-refractivity contribution in [2.45, 2.75) is 0 Å². The maximum atomic E-state index is 4.46. The van der Waals surface area contributed by atoms with Crippen LogP contribution in [-0.2, 0) is 4.84 Å². The molecular weight excluding hydrogens is 106 g/mol. The molecule has 4 heteroatoms. The van der Waals surface area contributed by atoms with Crippen LogP contribution < -0.4 is 10.9 Å². The van der Waals surface area contributed by atoms with E-state index < -0.39 is 0 Å². The van der Waals surface area contributed by atoms with Crippen LogP contribution in [0.25, 0.3) is 0 Å². The average molecular weight is 115 g/mol. The Labute approximate surface area is 48.2 Å². The van der Waals surface area contributed by atoms with Crippen molar-refractivity contribution < 1.29 is 4.84 Å². The molecule has 0 unspecified atom stereocenters. The van der Waals surface area contributed by atoms with Crippen LogP contribution >= 0.6 is 0 Å². The molecule has 0 saturated carbocycles. The van der Waals surface area contributed by atoms with Gasteiger partial charge < -0.3 is 10.3 Å². The highest BCUT2D eigenvalue weighted by Gasteiger charge is 1.63. The molecule has 0 aliphatic rings. The van der Waals surface area contributed by atoms with E-state index in [1.165, 1.54) is 12.6 Å². The van der Waals surface area contributed by atoms with Crippen molar-refractivity contribution in [2.75, 3.05) is 7.05 Å². The maximum Gasteiger partial charge on any atom is 0.143 e. The Morgan fingerprint density at radius 2 is 2.50 bits per heavy atom. The standard InChI is InChI=1S/C4H9N3O/c1-3-8-7-4-6-5-2/h3-5H,1H2,2H3,(H,6,7). The smallest absolute Gasteiger partial charge is 0.143 e. The second-order valence-corrected chi connectivity index (χ2v) is 0.884. The van der Waals surface area contributed by atoms with E-state index in [2.05, 4.69) is 27.4 Å². The number of hydrogen-bond donors (Lipinski definition) is 2. The van der Waals surface area contributed by atoms with Gasteiger partial charge in [-0.1, -0.05) is 6.58 Å². The number of rotatable bonds is 4. The summed E-state index contributed by atoms with van der Waals surface area (Å²) in [5.74, 6) is 0. The summed E-state index contributed by atoms with van der Waals surface area (Å²) in [6.07, 6.45) is 2.63. The van der Waals surface area contributed by atoms with Crippen molar-refractivity contribution in [3.63, 3.8) is 0 Å². The molecule has 4 nitrogen and oxygen atoms in total. The zero-order chi connectivity index (χ0) is 6.24. The third kappa shape index (κ3) is 4.81. The quantitative estimate of drug-likeness (QED) is 0.175. The third-order valence-electron chi connectivity index (χ3n) is 0.398. The summed E-state index contributed by atoms with van der Waals surface area (Å²) in [6, 6.07) is 0. The van der Waals surface area contributed by atoms with E-state index in [1.807, 2.05) is 0 Å². The first-order chi connectivity index (χ1) is 3.91. The summed E-state index contributed by atoms with van der Waals surface area (Å²) in [7, 11) is 1.69. The highest BCUT2D eigenvalue weighted by atomic mass is 16.6. The van der Waals surface area contributed by atoms with Gasteiger partial charge in [0, 0.05) is 7.05 Å². The highest BCUT2D eigenvalue weighted by molar-refractivity contribution is 5.51. The van der Waals surface area contributed by atoms with E-state index in [4.69, 9.17) is 0 Å². The van der Waals surface area contributed by atoms with Gasteiger partial charge in [0.15, 0.2) is 0 Å². The van der Waals surface area contributed by atoms with Crippen molar-refractivity contribution in [1.82, 2.24) is 10.9 Å². The van der Waals surface area contributed by atoms with E-state index in [-0.39, 0.29) is 0 Å². The Balaban J connectivity index is 2.90. The first-order valence-electron chi connectivity index (χ1n) is 2.12. The number of hydrogen-bond acceptors (Lipinski definition) is 3. The van der Waals surface area contributed by atoms with E-state index >= 15 is 0 Å². The van der Waals surface area contributed by atoms with Crippen molar-refractivity contribution >= 4 is 6.34 Å². The molecule has 0 fully saturated rings. The highest BCUT2D eigenvalue weighted by Crippen LogP contribution is 1.57. The Morgan fingerprint density at radius 3 is 3.00 bits per heavy atom. The van der Waals surface area contributed by atoms with Crippen LogP contribution in [0, 0.1) is 0 Å². The maximum absolute atomic E-state index is 4.46. The van der Waals surface area contributed by atoms with Gasteiger partial charge in [-0.3, -0.25) is 0 Å². The predicted molar refractivity (Wildman–Crippen MR) is 32.0 cm³/mol. The summed E-state index contributed by atoms with van der Waals surface area (Å²) in [6.45, 7) is 3.29. The fraction of sp³-hybridized carbons (Fsp3) is 0.250. The van der Waals surface area contributed by atoms with Crippen molar-refractivity contribution in [3.8, 4) is 0 Å². The molecule has 8 heavy (non-hydrogen) atoms. The van der Waals surface area contributed by atoms with Gasteiger partial charge >= 0.3 is 0 Å². The molecule has 0 bridgehead atoms. The van der Waals surface area contributed by atoms with Gasteiger partial charge in [-0.05, 0) is 0 Å². The molecule has 0 atom stereocenters. The first-order valence-corrected chi connectivity index (χ1v) is 2.12. The zero-order valence-corrected chi connectivity index (χ0v) is 4.72. The molecule has 0 aromatic rings. The van der Waals surface area contributed by atoms with Gasteiger partial charge in [0.05, 0.1) is 0 Å². The minimum absolute atomic E-state index is 1.27. The van der Waals surface area contributed by atoms with Crippen molar-refractivity contribution in [3.05, 3.63) is 12.8 Å². The van der Waals surface area contributed by atoms with E-state index in [0.717, 1.165) is 0 Å². The monoisotopic (exact) mass is 115 g/mol. The van der Waals surface area contributed by atoms with Gasteiger partial charge in [-0.15, -0.1) is 0 Å². The Hall–Kier alpha value is -1.19. The summed E-state index contributed by atoms with van der Waals surface area (Å²) < 4.78 is 0. The Kier molecular flexibility index (Phi) is 4.95. The third-order valence-corrected chi connectivity index (χ3v) is 0.398. The predicted octanol–water partition coefficient (Wildman–Crippen LogP) is -0.186. The number of hydrazone groups is 1. The molecular formula is C4H9N3O. The molecule has 0 saturated heterocycles. The fourth-order valence-corrected chi connectivity index (χ4v) is 0.169. The van der Waals surface area contributed by atoms with Gasteiger partial charge in [-0.2, -0.15) is 5.10 Å². The van der Waals surface area contributed by atoms with Crippen LogP contribution in [0.1, 0.15) is 0 Å². The molecule has 0 aromatic carbocycles. The Morgan fingerprint density at radius 1 is 1.75 bits per heavy atom. The SMILES string of the molecule is C=CON/C=N/NC. The van der Waals surface area contributed by atoms with Crippen LogP contribution in [0.4, 0.5) is 0 Å². The van der Waals surface area contributed by atoms with Crippen molar-refractivity contribution in [1.29, 1.82) is 0 Å². The van der Waals surface area contributed by atoms with E-state index in [0.29, 0.717) is 0 Å². The average Bonchev–Trinajstić information content (AvgIpc) is 1.81. The van der Waals surface area contributed by atoms with Gasteiger partial charge in [0.1, 0.15) is 12.6 Å². The van der Waals surface area contributed by atoms with Crippen LogP contribution in [-0.4, -0.2) is 13.4 Å². The molecule has 0 spiro atoms. The summed E-state index contributed by atoms with van der Waals surface area (Å²) in [5.41, 5.74) is 4.88. The Bertz CT molecular complexity index is 81.4. The molecule has 0 aliphatic heterocycles. The molecule has 0 heterocycles. The normalized spacial score (nSPS) is 8.62. The largest absolute Gasteiger partial charge is 0.390 e. The van der Waals surface area contributed by atoms with Crippen LogP contribution in [0.3, 0.4) is 0 Å². The summed E-state index contributed by atoms with van der Waals surface area (Å²) in [4.78, 5) is 4.46. The second-order valence-electron chi connectivity index (χ2n) is 0.884. The van der Waals surface area contributed by atoms with Crippen molar-refractivity contribution in [2.24, 2.45) is 5.10 Å². The zero-order valence-electron chi connectivity index (χ0n) is 4.72. The van der Waals surface area contributed by atoms with E-state index in [1.54, 1.807) is 7.05 Å². The molecule has 0 radical (unpaired) electrons. The van der Waals surface area contributed by atoms with E-state index in [9.17, 15) is 0 Å². The van der Waals surface area contributed by atoms with Gasteiger partial charge in [-0.25, -0.2) is 5.48 Å². The van der Waals surface area contributed by atoms with Gasteiger partial charge in [0.25, 0.3) is 0 Å². The fourth-order valence-electron chi connectivity index (χ4n) is 0.169. The molecule has 0 amide bonds. The minimum Gasteiger partial charge on any atom is -0.390 e. The molecule has 0 aromatic heterocycles. The van der Waals surface area contributed by atoms with Crippen LogP contribution in [0.5, 0.6) is 0 Å². The molecule has 46 valence electrons. The number of nitrogens with zero attached hydrogens (tertiary/aromatic N) is 1. The summed E-state index contributed by atoms with van der Waals surface area (Å²) in [5, 5.41) is 3.55. The molecule has 0 rings (SSSR count). The molecule has 0 aliphatic carbocycles. The van der Waals surface area contributed by atoms with Crippen LogP contribution in [0.2, 0.25) is 0 Å². The second kappa shape index (κ2) is 5.81. The lowest BCUT2D eigenvalue weighted by molar-refractivity contribution is 0.199. The topological polar surface area (TPSA) is 45.6 Å². The lowest BCUT2D eigenvalue weighted by Gasteiger charge is -1.92. The lowest BCUT2D eigenvalue weighted by atomic mass is 11.2. The summed E-state index contributed by atoms with van der Waals surface area (Å²) >= 11 is 0. The van der Waals surface area contributed by atoms with Gasteiger partial charge in [0.2, 0.25) is 0 Å². The lowest BCUT2D eigenvalue weighted by Crippen LogP contribution is -2.09.